The van der Waals surface area contributed by atoms with Crippen molar-refractivity contribution in [1.29, 1.82) is 5.26 Å². The minimum atomic E-state index is -0.774. The number of nitriles is 1. The number of amides is 1. The van der Waals surface area contributed by atoms with E-state index in [4.69, 9.17) is 21.6 Å². The van der Waals surface area contributed by atoms with E-state index in [2.05, 4.69) is 11.6 Å². The van der Waals surface area contributed by atoms with Crippen LogP contribution in [-0.2, 0) is 11.3 Å². The number of carbonyl (C=O) groups excluding carboxylic acids is 1. The molecule has 0 bridgehead atoms. The molecule has 0 atom stereocenters. The van der Waals surface area contributed by atoms with Crippen LogP contribution in [0.5, 0.6) is 5.75 Å². The highest BCUT2D eigenvalue weighted by atomic mass is 35.5. The first-order valence-electron chi connectivity index (χ1n) is 13.9. The number of carbonyl (C=O) groups is 1. The highest BCUT2D eigenvalue weighted by Crippen LogP contribution is 2.38. The second-order valence-corrected chi connectivity index (χ2v) is 11.7. The van der Waals surface area contributed by atoms with Gasteiger partial charge in [0.05, 0.1) is 22.8 Å². The summed E-state index contributed by atoms with van der Waals surface area (Å²) in [7, 11) is 1.60. The first-order chi connectivity index (χ1) is 20.2. The molecule has 5 nitrogen and oxygen atoms in total. The summed E-state index contributed by atoms with van der Waals surface area (Å²) in [6.45, 7) is 7.89. The molecule has 0 radical (unpaired) electrons. The monoisotopic (exact) mass is 609 g/mol. The average molecular weight is 610 g/mol. The number of methoxy groups -OCH3 is 1. The van der Waals surface area contributed by atoms with Gasteiger partial charge in [-0.15, -0.1) is 11.8 Å². The quantitative estimate of drug-likeness (QED) is 0.307. The fourth-order valence-corrected chi connectivity index (χ4v) is 5.82. The molecule has 2 aromatic rings. The van der Waals surface area contributed by atoms with Crippen molar-refractivity contribution in [3.05, 3.63) is 94.2 Å². The maximum Gasteiger partial charge on any atom is 0.262 e. The minimum Gasteiger partial charge on any atom is -0.496 e. The molecule has 10 heteroatoms. The third-order valence-corrected chi connectivity index (χ3v) is 8.50. The van der Waals surface area contributed by atoms with Crippen LogP contribution in [0.15, 0.2) is 88.6 Å². The number of hydrogen-bond donors (Lipinski definition) is 0. The maximum absolute atomic E-state index is 14.5. The average Bonchev–Trinajstić information content (AvgIpc) is 3.06. The van der Waals surface area contributed by atoms with Crippen LogP contribution in [0.4, 0.5) is 8.78 Å². The Labute approximate surface area is 257 Å². The molecule has 0 spiro atoms. The van der Waals surface area contributed by atoms with Crippen molar-refractivity contribution in [2.75, 3.05) is 12.9 Å². The van der Waals surface area contributed by atoms with Gasteiger partial charge in [0.15, 0.2) is 0 Å². The molecule has 220 valence electrons. The fourth-order valence-electron chi connectivity index (χ4n) is 4.61. The lowest BCUT2D eigenvalue weighted by atomic mass is 9.57. The zero-order valence-corrected chi connectivity index (χ0v) is 25.8. The van der Waals surface area contributed by atoms with E-state index >= 15 is 0 Å². The Kier molecular flexibility index (Phi) is 12.9. The summed E-state index contributed by atoms with van der Waals surface area (Å²) < 4.78 is 34.5. The number of ether oxygens (including phenoxy) is 1. The van der Waals surface area contributed by atoms with E-state index in [0.29, 0.717) is 5.75 Å². The number of hydrogen-bond acceptors (Lipinski definition) is 5. The highest BCUT2D eigenvalue weighted by Gasteiger charge is 2.31. The number of benzene rings is 1. The molecule has 1 fully saturated rings. The van der Waals surface area contributed by atoms with Crippen LogP contribution in [0.25, 0.3) is 11.1 Å². The summed E-state index contributed by atoms with van der Waals surface area (Å²) in [5, 5.41) is 7.80. The molecule has 1 aliphatic heterocycles. The van der Waals surface area contributed by atoms with Crippen LogP contribution in [0, 0.1) is 11.2 Å². The summed E-state index contributed by atoms with van der Waals surface area (Å²) in [6, 6.07) is 9.67. The van der Waals surface area contributed by atoms with Crippen molar-refractivity contribution in [3.63, 3.8) is 0 Å². The van der Waals surface area contributed by atoms with Gasteiger partial charge in [-0.1, -0.05) is 57.2 Å². The van der Waals surface area contributed by atoms with Gasteiger partial charge in [-0.3, -0.25) is 9.78 Å². The van der Waals surface area contributed by atoms with E-state index in [1.165, 1.54) is 0 Å². The van der Waals surface area contributed by atoms with Gasteiger partial charge in [0, 0.05) is 42.1 Å². The molecule has 42 heavy (non-hydrogen) atoms. The van der Waals surface area contributed by atoms with Gasteiger partial charge in [-0.05, 0) is 60.4 Å². The fraction of sp³-hybridized carbons (Fsp3) is 0.344. The van der Waals surface area contributed by atoms with Crippen molar-refractivity contribution >= 4 is 36.0 Å². The smallest absolute Gasteiger partial charge is 0.262 e. The Balaban J connectivity index is 0.000000892. The lowest BCUT2D eigenvalue weighted by molar-refractivity contribution is -0.130. The number of thioether (sulfide) groups is 1. The lowest BCUT2D eigenvalue weighted by Gasteiger charge is -2.35. The third-order valence-electron chi connectivity index (χ3n) is 6.88. The Bertz CT molecular complexity index is 1400. The molecule has 2 aliphatic rings. The standard InChI is InChI=1S/C29H29ClF2N2O2S.C3H6BN/c1-19-25(32)10-9-23(31)18-37-28(27(19)30)29(35)34(24-6-4-3-5-7-24)17-22-16-21(8-11-26(22)36-2)20-12-14-33-15-13-20;1-4(2)3-5/h8-16,24H,1,3-7,17-18H2,2H3;1-2H3/b23-9+,25-10+,28-27+;. The van der Waals surface area contributed by atoms with Crippen molar-refractivity contribution in [3.8, 4) is 22.8 Å². The van der Waals surface area contributed by atoms with E-state index in [9.17, 15) is 13.6 Å². The Morgan fingerprint density at radius 1 is 1.17 bits per heavy atom. The van der Waals surface area contributed by atoms with Gasteiger partial charge in [0.25, 0.3) is 12.6 Å². The van der Waals surface area contributed by atoms with Crippen molar-refractivity contribution in [2.45, 2.75) is 58.3 Å². The zero-order chi connectivity index (χ0) is 30.6. The molecule has 1 aromatic carbocycles. The van der Waals surface area contributed by atoms with Crippen LogP contribution < -0.4 is 4.74 Å². The number of allylic oxidation sites excluding steroid dienone is 5. The number of pyridine rings is 1. The molecule has 1 aliphatic carbocycles. The number of rotatable bonds is 6. The van der Waals surface area contributed by atoms with Crippen molar-refractivity contribution in [2.24, 2.45) is 0 Å². The molecule has 0 N–H and O–H groups in total. The molecular weight excluding hydrogens is 575 g/mol. The second-order valence-electron chi connectivity index (χ2n) is 10.3. The van der Waals surface area contributed by atoms with Gasteiger partial charge in [-0.2, -0.15) is 0 Å². The highest BCUT2D eigenvalue weighted by molar-refractivity contribution is 8.04. The Hall–Kier alpha value is -3.35. The molecule has 1 aromatic heterocycles. The first kappa shape index (κ1) is 33.2. The van der Waals surface area contributed by atoms with Gasteiger partial charge in [0.1, 0.15) is 17.4 Å². The molecule has 4 rings (SSSR count). The largest absolute Gasteiger partial charge is 0.496 e. The number of aromatic nitrogens is 1. The lowest BCUT2D eigenvalue weighted by Crippen LogP contribution is -2.41. The summed E-state index contributed by atoms with van der Waals surface area (Å²) >= 11 is 7.49. The predicted molar refractivity (Wildman–Crippen MR) is 170 cm³/mol. The summed E-state index contributed by atoms with van der Waals surface area (Å²) in [5.41, 5.74) is 2.66. The van der Waals surface area contributed by atoms with Crippen LogP contribution in [-0.4, -0.2) is 41.4 Å². The maximum atomic E-state index is 14.5. The Morgan fingerprint density at radius 2 is 1.83 bits per heavy atom. The van der Waals surface area contributed by atoms with Crippen LogP contribution in [0.3, 0.4) is 0 Å². The molecule has 2 heterocycles. The van der Waals surface area contributed by atoms with Gasteiger partial charge in [-0.25, -0.2) is 14.0 Å². The first-order valence-corrected chi connectivity index (χ1v) is 15.2. The van der Waals surface area contributed by atoms with Crippen LogP contribution >= 0.6 is 23.4 Å². The molecule has 0 saturated heterocycles. The zero-order valence-electron chi connectivity index (χ0n) is 24.2. The van der Waals surface area contributed by atoms with Crippen LogP contribution in [0.2, 0.25) is 13.6 Å². The van der Waals surface area contributed by atoms with Crippen LogP contribution in [0.1, 0.15) is 37.7 Å². The summed E-state index contributed by atoms with van der Waals surface area (Å²) in [4.78, 5) is 20.1. The van der Waals surface area contributed by atoms with Gasteiger partial charge < -0.3 is 9.64 Å². The molecule has 1 amide bonds. The van der Waals surface area contributed by atoms with Crippen molar-refractivity contribution < 1.29 is 18.3 Å². The van der Waals surface area contributed by atoms with E-state index < -0.39 is 11.7 Å². The van der Waals surface area contributed by atoms with E-state index in [1.807, 2.05) is 49.9 Å². The minimum absolute atomic E-state index is 0.0326. The van der Waals surface area contributed by atoms with Gasteiger partial charge >= 0.3 is 0 Å². The number of nitrogens with zero attached hydrogens (tertiary/aromatic N) is 3. The number of halogens is 3. The topological polar surface area (TPSA) is 66.2 Å². The molecule has 0 unspecified atom stereocenters. The normalized spacial score (nSPS) is 20.2. The molecule has 1 saturated carbocycles. The van der Waals surface area contributed by atoms with E-state index in [-0.39, 0.29) is 46.5 Å². The third kappa shape index (κ3) is 9.08. The van der Waals surface area contributed by atoms with E-state index in [1.54, 1.807) is 24.4 Å². The molecular formula is C32H35BClF2N3O2S. The van der Waals surface area contributed by atoms with Crippen molar-refractivity contribution in [1.82, 2.24) is 9.88 Å². The predicted octanol–water partition coefficient (Wildman–Crippen LogP) is 8.68. The summed E-state index contributed by atoms with van der Waals surface area (Å²) in [5.74, 6) is 0.862. The van der Waals surface area contributed by atoms with Gasteiger partial charge in [0.2, 0.25) is 0 Å². The Morgan fingerprint density at radius 3 is 2.45 bits per heavy atom. The SMILES string of the molecule is C=C1/C(F)=C\C=C(\F)CS/C(C(=O)N(Cc2cc(-c3ccncc3)ccc2OC)C2CCCCC2)=C\1Cl.CB(C)C#N. The van der Waals surface area contributed by atoms with E-state index in [0.717, 1.165) is 72.7 Å². The summed E-state index contributed by atoms with van der Waals surface area (Å²) in [6.07, 6.45) is 10.3. The second kappa shape index (κ2) is 16.3.